The molecule has 2 atom stereocenters. The molecule has 6 aromatic rings. The van der Waals surface area contributed by atoms with E-state index in [9.17, 15) is 10.2 Å². The number of aliphatic hydroxyl groups is 2. The van der Waals surface area contributed by atoms with E-state index >= 15 is 0 Å². The van der Waals surface area contributed by atoms with Crippen LogP contribution in [0.5, 0.6) is 23.0 Å². The first-order chi connectivity index (χ1) is 26.3. The van der Waals surface area contributed by atoms with Gasteiger partial charge in [0.25, 0.3) is 0 Å². The van der Waals surface area contributed by atoms with E-state index in [0.717, 1.165) is 33.4 Å². The van der Waals surface area contributed by atoms with Crippen molar-refractivity contribution in [1.82, 2.24) is 4.90 Å². The van der Waals surface area contributed by atoms with Gasteiger partial charge < -0.3 is 37.0 Å². The fraction of sp³-hybridized carbons (Fsp3) is 0.182. The van der Waals surface area contributed by atoms with Crippen LogP contribution < -0.4 is 26.8 Å². The second-order valence-electron chi connectivity index (χ2n) is 13.3. The highest BCUT2D eigenvalue weighted by molar-refractivity contribution is 6.32. The molecular weight excluding hydrogens is 798 g/mol. The van der Waals surface area contributed by atoms with Gasteiger partial charge in [-0.25, -0.2) is 0 Å². The molecule has 0 saturated carbocycles. The van der Waals surface area contributed by atoms with Crippen LogP contribution in [-0.4, -0.2) is 54.5 Å². The van der Waals surface area contributed by atoms with Crippen molar-refractivity contribution < 1.29 is 37.0 Å². The van der Waals surface area contributed by atoms with Gasteiger partial charge in [-0.2, -0.15) is 0 Å². The SMILES string of the molecule is OCCN1[C@H](c2ccc(-c3ccc(Oc4ccc(Cl)cc4)cc3)cc2Cl)C[NH+](CCO)C[C@H]1c1ccc(-c2ccc(Oc3ccc(Cl)cc3)cc2)cc1Cl.[Cl-]. The molecule has 1 aliphatic heterocycles. The van der Waals surface area contributed by atoms with Crippen LogP contribution in [0.1, 0.15) is 23.2 Å². The second kappa shape index (κ2) is 18.9. The van der Waals surface area contributed by atoms with Gasteiger partial charge in [0.05, 0.1) is 38.4 Å². The number of ether oxygens (including phenoxy) is 2. The Labute approximate surface area is 347 Å². The lowest BCUT2D eigenvalue weighted by Gasteiger charge is -2.45. The summed E-state index contributed by atoms with van der Waals surface area (Å²) in [6.45, 7) is 2.48. The molecule has 0 radical (unpaired) electrons. The third kappa shape index (κ3) is 9.97. The van der Waals surface area contributed by atoms with Gasteiger partial charge in [-0.15, -0.1) is 0 Å². The highest BCUT2D eigenvalue weighted by Crippen LogP contribution is 2.40. The average Bonchev–Trinajstić information content (AvgIpc) is 3.18. The van der Waals surface area contributed by atoms with Crippen LogP contribution in [0.3, 0.4) is 0 Å². The second-order valence-corrected chi connectivity index (χ2v) is 14.9. The number of nitrogens with one attached hydrogen (secondary N) is 1. The van der Waals surface area contributed by atoms with E-state index in [-0.39, 0.29) is 37.7 Å². The number of hydrogen-bond acceptors (Lipinski definition) is 5. The molecule has 7 rings (SSSR count). The minimum absolute atomic E-state index is 0. The van der Waals surface area contributed by atoms with Crippen LogP contribution in [0.2, 0.25) is 20.1 Å². The van der Waals surface area contributed by atoms with Gasteiger partial charge >= 0.3 is 0 Å². The van der Waals surface area contributed by atoms with E-state index in [4.69, 9.17) is 55.9 Å². The Morgan fingerprint density at radius 3 is 1.22 bits per heavy atom. The van der Waals surface area contributed by atoms with Crippen molar-refractivity contribution >= 4 is 46.4 Å². The summed E-state index contributed by atoms with van der Waals surface area (Å²) in [4.78, 5) is 3.53. The highest BCUT2D eigenvalue weighted by atomic mass is 35.5. The molecule has 11 heteroatoms. The molecule has 1 aliphatic rings. The number of nitrogens with zero attached hydrogens (tertiary/aromatic N) is 1. The molecule has 0 amide bonds. The smallest absolute Gasteiger partial charge is 0.127 e. The van der Waals surface area contributed by atoms with Crippen LogP contribution in [0.25, 0.3) is 22.3 Å². The van der Waals surface area contributed by atoms with Crippen molar-refractivity contribution in [3.63, 3.8) is 0 Å². The van der Waals surface area contributed by atoms with Gasteiger partial charge in [-0.3, -0.25) is 4.90 Å². The summed E-state index contributed by atoms with van der Waals surface area (Å²) in [5, 5.41) is 22.9. The maximum Gasteiger partial charge on any atom is 0.127 e. The van der Waals surface area contributed by atoms with Crippen molar-refractivity contribution in [3.8, 4) is 45.3 Å². The van der Waals surface area contributed by atoms with Crippen LogP contribution in [0, 0.1) is 0 Å². The Morgan fingerprint density at radius 2 is 0.873 bits per heavy atom. The highest BCUT2D eigenvalue weighted by Gasteiger charge is 2.40. The monoisotopic (exact) mass is 834 g/mol. The third-order valence-electron chi connectivity index (χ3n) is 9.78. The Balaban J connectivity index is 0.00000514. The van der Waals surface area contributed by atoms with E-state index in [1.54, 1.807) is 24.3 Å². The van der Waals surface area contributed by atoms with Gasteiger partial charge in [0.15, 0.2) is 0 Å². The van der Waals surface area contributed by atoms with Crippen LogP contribution in [0.15, 0.2) is 133 Å². The van der Waals surface area contributed by atoms with Crippen molar-refractivity contribution in [2.75, 3.05) is 39.4 Å². The number of β-amino-alcohol motifs (C(OH)–C–C–N with tert-alkyl or cyclic N) is 1. The van der Waals surface area contributed by atoms with Gasteiger partial charge in [-0.05, 0) is 118 Å². The first-order valence-corrected chi connectivity index (χ1v) is 19.3. The molecule has 6 aromatic carbocycles. The molecule has 1 saturated heterocycles. The van der Waals surface area contributed by atoms with Crippen molar-refractivity contribution in [2.24, 2.45) is 0 Å². The van der Waals surface area contributed by atoms with Gasteiger partial charge in [0, 0.05) is 26.6 Å². The molecule has 0 aliphatic carbocycles. The topological polar surface area (TPSA) is 66.6 Å². The summed E-state index contributed by atoms with van der Waals surface area (Å²) in [7, 11) is 0. The number of piperazine rings is 1. The predicted molar refractivity (Wildman–Crippen MR) is 219 cm³/mol. The summed E-state index contributed by atoms with van der Waals surface area (Å²) in [5.74, 6) is 2.85. The van der Waals surface area contributed by atoms with Crippen LogP contribution in [0.4, 0.5) is 0 Å². The molecule has 0 spiro atoms. The Kier molecular flexibility index (Phi) is 14.0. The van der Waals surface area contributed by atoms with Crippen molar-refractivity contribution in [1.29, 1.82) is 0 Å². The van der Waals surface area contributed by atoms with E-state index in [0.29, 0.717) is 69.3 Å². The van der Waals surface area contributed by atoms with Crippen LogP contribution in [-0.2, 0) is 0 Å². The first kappa shape index (κ1) is 40.9. The zero-order chi connectivity index (χ0) is 37.6. The minimum Gasteiger partial charge on any atom is -1.00 e. The van der Waals surface area contributed by atoms with E-state index in [2.05, 4.69) is 29.2 Å². The van der Waals surface area contributed by atoms with Crippen LogP contribution >= 0.6 is 46.4 Å². The molecule has 1 heterocycles. The predicted octanol–water partition coefficient (Wildman–Crippen LogP) is 7.19. The molecule has 284 valence electrons. The Bertz CT molecular complexity index is 2020. The summed E-state index contributed by atoms with van der Waals surface area (Å²) < 4.78 is 11.9. The lowest BCUT2D eigenvalue weighted by molar-refractivity contribution is -0.913. The first-order valence-electron chi connectivity index (χ1n) is 17.8. The number of benzene rings is 6. The molecule has 0 bridgehead atoms. The summed E-state index contributed by atoms with van der Waals surface area (Å²) in [6, 6.07) is 42.3. The molecule has 55 heavy (non-hydrogen) atoms. The van der Waals surface area contributed by atoms with Gasteiger partial charge in [0.2, 0.25) is 0 Å². The number of rotatable bonds is 12. The van der Waals surface area contributed by atoms with E-state index in [1.807, 2.05) is 84.9 Å². The summed E-state index contributed by atoms with van der Waals surface area (Å²) in [5.41, 5.74) is 5.89. The normalized spacial score (nSPS) is 17.0. The molecule has 0 unspecified atom stereocenters. The number of hydrogen-bond donors (Lipinski definition) is 3. The van der Waals surface area contributed by atoms with Gasteiger partial charge in [0.1, 0.15) is 29.5 Å². The fourth-order valence-corrected chi connectivity index (χ4v) is 7.98. The quantitative estimate of drug-likeness (QED) is 0.122. The fourth-order valence-electron chi connectivity index (χ4n) is 7.11. The zero-order valence-corrected chi connectivity index (χ0v) is 33.4. The largest absolute Gasteiger partial charge is 1.00 e. The summed E-state index contributed by atoms with van der Waals surface area (Å²) >= 11 is 26.2. The number of quaternary nitrogens is 1. The lowest BCUT2D eigenvalue weighted by atomic mass is 9.92. The maximum atomic E-state index is 10.3. The van der Waals surface area contributed by atoms with E-state index < -0.39 is 0 Å². The van der Waals surface area contributed by atoms with Crippen molar-refractivity contribution in [3.05, 3.63) is 165 Å². The standard InChI is InChI=1S/C44H38Cl4N2O4.ClH/c45-33-7-15-37(16-8-33)53-35-11-1-29(2-12-35)31-5-19-39(41(47)25-31)43-27-49(21-23-51)28-44(50(43)22-24-52)40-20-6-32(26-42(40)48)30-3-13-36(14-4-30)54-38-17-9-34(46)10-18-38;/h1-20,25-26,43-44,51-52H,21-24,27-28H2;1H/t43-,44-;/m0./s1. The molecule has 0 aromatic heterocycles. The minimum atomic E-state index is -0.127. The lowest BCUT2D eigenvalue weighted by Crippen LogP contribution is -3.15. The molecule has 3 N–H and O–H groups in total. The zero-order valence-electron chi connectivity index (χ0n) is 29.6. The third-order valence-corrected chi connectivity index (χ3v) is 10.9. The molecular formula is C44H39Cl5N2O4. The Morgan fingerprint density at radius 1 is 0.509 bits per heavy atom. The summed E-state index contributed by atoms with van der Waals surface area (Å²) in [6.07, 6.45) is 0. The number of halogens is 5. The van der Waals surface area contributed by atoms with Crippen molar-refractivity contribution in [2.45, 2.75) is 12.1 Å². The average molecular weight is 837 g/mol. The Hall–Kier alpha value is -3.79. The van der Waals surface area contributed by atoms with Gasteiger partial charge in [-0.1, -0.05) is 94.9 Å². The molecule has 6 nitrogen and oxygen atoms in total. The maximum absolute atomic E-state index is 10.3. The molecule has 1 fully saturated rings. The van der Waals surface area contributed by atoms with E-state index in [1.165, 1.54) is 4.90 Å². The number of aliphatic hydroxyl groups excluding tert-OH is 2.